The van der Waals surface area contributed by atoms with Crippen LogP contribution in [-0.4, -0.2) is 35.4 Å². The van der Waals surface area contributed by atoms with Crippen molar-refractivity contribution in [3.8, 4) is 5.75 Å². The summed E-state index contributed by atoms with van der Waals surface area (Å²) >= 11 is 5.90. The molecular formula is C16H24ClNO2. The highest BCUT2D eigenvalue weighted by Gasteiger charge is 2.37. The SMILES string of the molecule is CC(C)(C)C(O)C(Oc1ccc(Cl)cc1)N1CCCC1. The second-order valence-corrected chi connectivity index (χ2v) is 6.95. The van der Waals surface area contributed by atoms with Crippen LogP contribution in [0.1, 0.15) is 33.6 Å². The lowest BCUT2D eigenvalue weighted by molar-refractivity contribution is -0.1000. The van der Waals surface area contributed by atoms with Crippen molar-refractivity contribution < 1.29 is 9.84 Å². The molecule has 0 aliphatic carbocycles. The molecule has 0 aromatic heterocycles. The molecule has 1 saturated heterocycles. The summed E-state index contributed by atoms with van der Waals surface area (Å²) in [5.41, 5.74) is -0.223. The zero-order valence-corrected chi connectivity index (χ0v) is 13.2. The highest BCUT2D eigenvalue weighted by Crippen LogP contribution is 2.29. The van der Waals surface area contributed by atoms with Crippen molar-refractivity contribution in [2.75, 3.05) is 13.1 Å². The Morgan fingerprint density at radius 2 is 1.70 bits per heavy atom. The van der Waals surface area contributed by atoms with Gasteiger partial charge in [-0.15, -0.1) is 0 Å². The normalized spacial score (nSPS) is 19.9. The number of benzene rings is 1. The van der Waals surface area contributed by atoms with E-state index in [-0.39, 0.29) is 11.6 Å². The average Bonchev–Trinajstić information content (AvgIpc) is 2.90. The Labute approximate surface area is 126 Å². The van der Waals surface area contributed by atoms with E-state index in [0.29, 0.717) is 5.02 Å². The molecule has 2 rings (SSSR count). The maximum absolute atomic E-state index is 10.6. The summed E-state index contributed by atoms with van der Waals surface area (Å²) in [5.74, 6) is 0.745. The van der Waals surface area contributed by atoms with E-state index >= 15 is 0 Å². The second kappa shape index (κ2) is 6.33. The van der Waals surface area contributed by atoms with Crippen LogP contribution in [0.2, 0.25) is 5.02 Å². The van der Waals surface area contributed by atoms with Gasteiger partial charge in [0.1, 0.15) is 11.9 Å². The molecule has 0 radical (unpaired) electrons. The van der Waals surface area contributed by atoms with Crippen molar-refractivity contribution in [1.82, 2.24) is 4.90 Å². The third-order valence-electron chi connectivity index (χ3n) is 3.73. The largest absolute Gasteiger partial charge is 0.472 e. The number of ether oxygens (including phenoxy) is 1. The number of likely N-dealkylation sites (tertiary alicyclic amines) is 1. The van der Waals surface area contributed by atoms with Crippen molar-refractivity contribution in [3.63, 3.8) is 0 Å². The molecule has 1 fully saturated rings. The molecule has 4 heteroatoms. The minimum atomic E-state index is -0.545. The van der Waals surface area contributed by atoms with E-state index in [4.69, 9.17) is 16.3 Å². The summed E-state index contributed by atoms with van der Waals surface area (Å²) in [6.45, 7) is 8.06. The van der Waals surface area contributed by atoms with Crippen LogP contribution in [0.3, 0.4) is 0 Å². The monoisotopic (exact) mass is 297 g/mol. The summed E-state index contributed by atoms with van der Waals surface area (Å²) < 4.78 is 6.06. The first-order chi connectivity index (χ1) is 9.38. The van der Waals surface area contributed by atoms with Crippen LogP contribution in [0.25, 0.3) is 0 Å². The van der Waals surface area contributed by atoms with Gasteiger partial charge in [0, 0.05) is 18.1 Å². The van der Waals surface area contributed by atoms with Crippen molar-refractivity contribution in [2.45, 2.75) is 45.9 Å². The standard InChI is InChI=1S/C16H24ClNO2/c1-16(2,3)14(19)15(18-10-4-5-11-18)20-13-8-6-12(17)7-9-13/h6-9,14-15,19H,4-5,10-11H2,1-3H3. The molecule has 0 saturated carbocycles. The number of aliphatic hydroxyl groups excluding tert-OH is 1. The molecule has 1 aliphatic heterocycles. The first-order valence-corrected chi connectivity index (χ1v) is 7.60. The molecule has 1 N–H and O–H groups in total. The lowest BCUT2D eigenvalue weighted by Crippen LogP contribution is -2.51. The van der Waals surface area contributed by atoms with Gasteiger partial charge in [0.15, 0.2) is 6.23 Å². The fourth-order valence-electron chi connectivity index (χ4n) is 2.42. The number of nitrogens with zero attached hydrogens (tertiary/aromatic N) is 1. The van der Waals surface area contributed by atoms with Gasteiger partial charge in [-0.2, -0.15) is 0 Å². The van der Waals surface area contributed by atoms with Gasteiger partial charge in [0.2, 0.25) is 0 Å². The van der Waals surface area contributed by atoms with Crippen molar-refractivity contribution in [1.29, 1.82) is 0 Å². The molecule has 2 atom stereocenters. The summed E-state index contributed by atoms with van der Waals surface area (Å²) in [6.07, 6.45) is 1.48. The molecule has 0 bridgehead atoms. The van der Waals surface area contributed by atoms with Gasteiger partial charge in [-0.3, -0.25) is 4.90 Å². The second-order valence-electron chi connectivity index (χ2n) is 6.52. The first-order valence-electron chi connectivity index (χ1n) is 7.22. The summed E-state index contributed by atoms with van der Waals surface area (Å²) in [7, 11) is 0. The van der Waals surface area contributed by atoms with E-state index in [1.165, 1.54) is 0 Å². The van der Waals surface area contributed by atoms with Crippen molar-refractivity contribution in [2.24, 2.45) is 5.41 Å². The highest BCUT2D eigenvalue weighted by molar-refractivity contribution is 6.30. The molecule has 3 nitrogen and oxygen atoms in total. The van der Waals surface area contributed by atoms with Gasteiger partial charge < -0.3 is 9.84 Å². The fraction of sp³-hybridized carbons (Fsp3) is 0.625. The van der Waals surface area contributed by atoms with Crippen LogP contribution in [0.15, 0.2) is 24.3 Å². The molecule has 2 unspecified atom stereocenters. The molecule has 1 aliphatic rings. The van der Waals surface area contributed by atoms with Crippen molar-refractivity contribution in [3.05, 3.63) is 29.3 Å². The van der Waals surface area contributed by atoms with E-state index in [1.54, 1.807) is 12.1 Å². The average molecular weight is 298 g/mol. The maximum Gasteiger partial charge on any atom is 0.179 e. The Kier molecular flexibility index (Phi) is 4.95. The molecule has 0 spiro atoms. The Hall–Kier alpha value is -0.770. The summed E-state index contributed by atoms with van der Waals surface area (Å²) in [5, 5.41) is 11.3. The fourth-order valence-corrected chi connectivity index (χ4v) is 2.54. The van der Waals surface area contributed by atoms with Crippen LogP contribution in [0.4, 0.5) is 0 Å². The van der Waals surface area contributed by atoms with E-state index in [0.717, 1.165) is 31.7 Å². The molecule has 1 heterocycles. The van der Waals surface area contributed by atoms with Crippen molar-refractivity contribution >= 4 is 11.6 Å². The van der Waals surface area contributed by atoms with Gasteiger partial charge in [-0.1, -0.05) is 32.4 Å². The predicted molar refractivity (Wildman–Crippen MR) is 82.1 cm³/mol. The van der Waals surface area contributed by atoms with Crippen LogP contribution in [0.5, 0.6) is 5.75 Å². The Morgan fingerprint density at radius 3 is 2.20 bits per heavy atom. The summed E-state index contributed by atoms with van der Waals surface area (Å²) in [4.78, 5) is 2.23. The van der Waals surface area contributed by atoms with Gasteiger partial charge in [-0.05, 0) is 42.5 Å². The van der Waals surface area contributed by atoms with Crippen LogP contribution < -0.4 is 4.74 Å². The smallest absolute Gasteiger partial charge is 0.179 e. The van der Waals surface area contributed by atoms with E-state index < -0.39 is 6.10 Å². The zero-order chi connectivity index (χ0) is 14.8. The Bertz CT molecular complexity index is 421. The van der Waals surface area contributed by atoms with Gasteiger partial charge in [-0.25, -0.2) is 0 Å². The maximum atomic E-state index is 10.6. The topological polar surface area (TPSA) is 32.7 Å². The number of halogens is 1. The van der Waals surface area contributed by atoms with E-state index in [1.807, 2.05) is 32.9 Å². The zero-order valence-electron chi connectivity index (χ0n) is 12.5. The number of hydrogen-bond acceptors (Lipinski definition) is 3. The first kappa shape index (κ1) is 15.6. The number of rotatable bonds is 4. The summed E-state index contributed by atoms with van der Waals surface area (Å²) in [6, 6.07) is 7.31. The predicted octanol–water partition coefficient (Wildman–Crippen LogP) is 3.55. The van der Waals surface area contributed by atoms with Crippen LogP contribution >= 0.6 is 11.6 Å². The highest BCUT2D eigenvalue weighted by atomic mass is 35.5. The third-order valence-corrected chi connectivity index (χ3v) is 3.98. The third kappa shape index (κ3) is 3.87. The van der Waals surface area contributed by atoms with Crippen LogP contribution in [0, 0.1) is 5.41 Å². The lowest BCUT2D eigenvalue weighted by Gasteiger charge is -2.38. The van der Waals surface area contributed by atoms with Gasteiger partial charge >= 0.3 is 0 Å². The Balaban J connectivity index is 2.15. The van der Waals surface area contributed by atoms with Crippen LogP contribution in [-0.2, 0) is 0 Å². The molecule has 0 amide bonds. The van der Waals surface area contributed by atoms with Gasteiger partial charge in [0.25, 0.3) is 0 Å². The van der Waals surface area contributed by atoms with Gasteiger partial charge in [0.05, 0.1) is 0 Å². The molecule has 1 aromatic carbocycles. The quantitative estimate of drug-likeness (QED) is 0.922. The number of aliphatic hydroxyl groups is 1. The lowest BCUT2D eigenvalue weighted by atomic mass is 9.87. The minimum Gasteiger partial charge on any atom is -0.472 e. The molecular weight excluding hydrogens is 274 g/mol. The van der Waals surface area contributed by atoms with E-state index in [2.05, 4.69) is 4.90 Å². The minimum absolute atomic E-state index is 0.223. The number of hydrogen-bond donors (Lipinski definition) is 1. The Morgan fingerprint density at radius 1 is 1.15 bits per heavy atom. The molecule has 20 heavy (non-hydrogen) atoms. The molecule has 112 valence electrons. The van der Waals surface area contributed by atoms with E-state index in [9.17, 15) is 5.11 Å². The molecule has 1 aromatic rings.